The van der Waals surface area contributed by atoms with E-state index in [2.05, 4.69) is 55.5 Å². The molecule has 0 saturated carbocycles. The van der Waals surface area contributed by atoms with Crippen LogP contribution in [0.25, 0.3) is 12.2 Å². The maximum Gasteiger partial charge on any atom is 0.127 e. The summed E-state index contributed by atoms with van der Waals surface area (Å²) in [5, 5.41) is 0. The zero-order valence-electron chi connectivity index (χ0n) is 17.3. The molecule has 1 heteroatoms. The van der Waals surface area contributed by atoms with Gasteiger partial charge in [0.15, 0.2) is 0 Å². The maximum absolute atomic E-state index is 14.6. The molecule has 0 aliphatic heterocycles. The molecule has 1 atom stereocenters. The summed E-state index contributed by atoms with van der Waals surface area (Å²) in [5.41, 5.74) is 5.36. The van der Waals surface area contributed by atoms with Crippen LogP contribution in [0.1, 0.15) is 54.0 Å². The fourth-order valence-electron chi connectivity index (χ4n) is 3.47. The van der Waals surface area contributed by atoms with E-state index in [4.69, 9.17) is 0 Å². The summed E-state index contributed by atoms with van der Waals surface area (Å²) >= 11 is 0. The summed E-state index contributed by atoms with van der Waals surface area (Å²) in [6.45, 7) is 4.19. The minimum Gasteiger partial charge on any atom is -0.207 e. The van der Waals surface area contributed by atoms with Gasteiger partial charge in [-0.2, -0.15) is 0 Å². The number of benzene rings is 3. The zero-order valence-corrected chi connectivity index (χ0v) is 17.3. The number of halogens is 1. The molecule has 0 radical (unpaired) electrons. The Morgan fingerprint density at radius 3 is 2.24 bits per heavy atom. The average molecular weight is 385 g/mol. The molecule has 29 heavy (non-hydrogen) atoms. The standard InChI is InChI=1S/C28H29F/c1-3-4-6-9-23-12-14-24(15-13-23)16-17-25-18-19-27(28(29)21-25)20-22(2)26-10-7-5-8-11-26/h3-5,7-8,10-19,21-22H,6,9,20H2,1-2H3/t22-/m1/s1. The van der Waals surface area contributed by atoms with Crippen LogP contribution in [0.4, 0.5) is 4.39 Å². The highest BCUT2D eigenvalue weighted by Crippen LogP contribution is 2.23. The van der Waals surface area contributed by atoms with Crippen molar-refractivity contribution in [1.29, 1.82) is 0 Å². The Morgan fingerprint density at radius 1 is 0.862 bits per heavy atom. The molecule has 0 nitrogen and oxygen atoms in total. The minimum atomic E-state index is -0.130. The Bertz CT molecular complexity index is 949. The van der Waals surface area contributed by atoms with E-state index in [-0.39, 0.29) is 5.82 Å². The molecular formula is C28H29F. The second-order valence-electron chi connectivity index (χ2n) is 7.55. The van der Waals surface area contributed by atoms with Crippen LogP contribution in [0.15, 0.2) is 84.9 Å². The Morgan fingerprint density at radius 2 is 1.55 bits per heavy atom. The highest BCUT2D eigenvalue weighted by molar-refractivity contribution is 5.69. The van der Waals surface area contributed by atoms with Crippen LogP contribution in [-0.2, 0) is 12.8 Å². The summed E-state index contributed by atoms with van der Waals surface area (Å²) in [7, 11) is 0. The van der Waals surface area contributed by atoms with Crippen LogP contribution < -0.4 is 0 Å². The van der Waals surface area contributed by atoms with E-state index < -0.39 is 0 Å². The normalized spacial score (nSPS) is 12.7. The van der Waals surface area contributed by atoms with E-state index in [1.807, 2.05) is 49.4 Å². The average Bonchev–Trinajstić information content (AvgIpc) is 2.75. The van der Waals surface area contributed by atoms with Crippen LogP contribution in [0.3, 0.4) is 0 Å². The summed E-state index contributed by atoms with van der Waals surface area (Å²) in [5.74, 6) is 0.160. The third-order valence-corrected chi connectivity index (χ3v) is 5.26. The quantitative estimate of drug-likeness (QED) is 0.274. The Hall–Kier alpha value is -2.93. The SMILES string of the molecule is CC=CCCc1ccc(C=Cc2ccc(C[C@@H](C)c3ccccc3)c(F)c2)cc1. The predicted molar refractivity (Wildman–Crippen MR) is 123 cm³/mol. The molecule has 0 fully saturated rings. The van der Waals surface area contributed by atoms with Crippen molar-refractivity contribution in [2.24, 2.45) is 0 Å². The van der Waals surface area contributed by atoms with Crippen molar-refractivity contribution in [2.75, 3.05) is 0 Å². The molecule has 0 N–H and O–H groups in total. The molecule has 3 aromatic carbocycles. The van der Waals surface area contributed by atoms with Crippen molar-refractivity contribution < 1.29 is 4.39 Å². The van der Waals surface area contributed by atoms with Crippen LogP contribution >= 0.6 is 0 Å². The van der Waals surface area contributed by atoms with Crippen molar-refractivity contribution in [1.82, 2.24) is 0 Å². The molecule has 3 aromatic rings. The van der Waals surface area contributed by atoms with Gasteiger partial charge < -0.3 is 0 Å². The van der Waals surface area contributed by atoms with Crippen LogP contribution in [0.5, 0.6) is 0 Å². The molecule has 148 valence electrons. The van der Waals surface area contributed by atoms with Gasteiger partial charge in [0.25, 0.3) is 0 Å². The molecular weight excluding hydrogens is 355 g/mol. The molecule has 0 unspecified atom stereocenters. The van der Waals surface area contributed by atoms with Crippen molar-refractivity contribution in [3.8, 4) is 0 Å². The lowest BCUT2D eigenvalue weighted by Gasteiger charge is -2.13. The van der Waals surface area contributed by atoms with Gasteiger partial charge in [-0.15, -0.1) is 0 Å². The van der Waals surface area contributed by atoms with Crippen molar-refractivity contribution in [3.63, 3.8) is 0 Å². The van der Waals surface area contributed by atoms with Gasteiger partial charge in [0.1, 0.15) is 5.82 Å². The van der Waals surface area contributed by atoms with Gasteiger partial charge in [-0.3, -0.25) is 0 Å². The molecule has 0 amide bonds. The fraction of sp³-hybridized carbons (Fsp3) is 0.214. The molecule has 0 aliphatic carbocycles. The molecule has 3 rings (SSSR count). The number of rotatable bonds is 8. The van der Waals surface area contributed by atoms with Crippen molar-refractivity contribution in [3.05, 3.63) is 119 Å². The first-order valence-electron chi connectivity index (χ1n) is 10.4. The van der Waals surface area contributed by atoms with E-state index in [9.17, 15) is 4.39 Å². The number of aryl methyl sites for hydroxylation is 1. The third kappa shape index (κ3) is 6.29. The molecule has 0 heterocycles. The molecule has 0 saturated heterocycles. The molecule has 0 aromatic heterocycles. The van der Waals surface area contributed by atoms with Crippen LogP contribution in [0, 0.1) is 5.82 Å². The van der Waals surface area contributed by atoms with Crippen LogP contribution in [0.2, 0.25) is 0 Å². The smallest absolute Gasteiger partial charge is 0.127 e. The molecule has 0 spiro atoms. The van der Waals surface area contributed by atoms with Crippen molar-refractivity contribution >= 4 is 12.2 Å². The highest BCUT2D eigenvalue weighted by Gasteiger charge is 2.10. The van der Waals surface area contributed by atoms with Crippen molar-refractivity contribution in [2.45, 2.75) is 39.0 Å². The lowest BCUT2D eigenvalue weighted by atomic mass is 9.93. The Labute approximate surface area is 174 Å². The van der Waals surface area contributed by atoms with Gasteiger partial charge in [-0.05, 0) is 66.0 Å². The monoisotopic (exact) mass is 384 g/mol. The van der Waals surface area contributed by atoms with E-state index in [0.717, 1.165) is 29.5 Å². The van der Waals surface area contributed by atoms with Gasteiger partial charge in [0, 0.05) is 0 Å². The summed E-state index contributed by atoms with van der Waals surface area (Å²) in [4.78, 5) is 0. The first-order chi connectivity index (χ1) is 14.2. The van der Waals surface area contributed by atoms with E-state index >= 15 is 0 Å². The van der Waals surface area contributed by atoms with Gasteiger partial charge >= 0.3 is 0 Å². The van der Waals surface area contributed by atoms with Crippen LogP contribution in [-0.4, -0.2) is 0 Å². The van der Waals surface area contributed by atoms with Gasteiger partial charge in [-0.25, -0.2) is 4.39 Å². The maximum atomic E-state index is 14.6. The highest BCUT2D eigenvalue weighted by atomic mass is 19.1. The topological polar surface area (TPSA) is 0 Å². The number of hydrogen-bond acceptors (Lipinski definition) is 0. The second-order valence-corrected chi connectivity index (χ2v) is 7.55. The molecule has 0 bridgehead atoms. The fourth-order valence-corrected chi connectivity index (χ4v) is 3.47. The van der Waals surface area contributed by atoms with E-state index in [1.54, 1.807) is 6.07 Å². The van der Waals surface area contributed by atoms with Gasteiger partial charge in [0.05, 0.1) is 0 Å². The molecule has 0 aliphatic rings. The minimum absolute atomic E-state index is 0.130. The summed E-state index contributed by atoms with van der Waals surface area (Å²) < 4.78 is 14.6. The first-order valence-corrected chi connectivity index (χ1v) is 10.4. The summed E-state index contributed by atoms with van der Waals surface area (Å²) in [6, 6.07) is 24.4. The summed E-state index contributed by atoms with van der Waals surface area (Å²) in [6.07, 6.45) is 11.1. The van der Waals surface area contributed by atoms with Gasteiger partial charge in [0.2, 0.25) is 0 Å². The third-order valence-electron chi connectivity index (χ3n) is 5.26. The largest absolute Gasteiger partial charge is 0.207 e. The number of allylic oxidation sites excluding steroid dienone is 2. The second kappa shape index (κ2) is 10.6. The van der Waals surface area contributed by atoms with E-state index in [0.29, 0.717) is 12.3 Å². The predicted octanol–water partition coefficient (Wildman–Crippen LogP) is 7.85. The first kappa shape index (κ1) is 20.8. The number of hydrogen-bond donors (Lipinski definition) is 0. The zero-order chi connectivity index (χ0) is 20.5. The lowest BCUT2D eigenvalue weighted by molar-refractivity contribution is 0.597. The van der Waals surface area contributed by atoms with E-state index in [1.165, 1.54) is 11.1 Å². The Balaban J connectivity index is 1.62. The van der Waals surface area contributed by atoms with Gasteiger partial charge in [-0.1, -0.05) is 98.0 Å². The lowest BCUT2D eigenvalue weighted by Crippen LogP contribution is -2.00. The Kier molecular flexibility index (Phi) is 7.58.